The van der Waals surface area contributed by atoms with Crippen LogP contribution in [0.4, 0.5) is 5.69 Å². The van der Waals surface area contributed by atoms with Crippen molar-refractivity contribution in [3.63, 3.8) is 0 Å². The molecule has 23 heavy (non-hydrogen) atoms. The number of para-hydroxylation sites is 1. The van der Waals surface area contributed by atoms with Crippen LogP contribution in [0.3, 0.4) is 0 Å². The van der Waals surface area contributed by atoms with Crippen LogP contribution in [0.15, 0.2) is 48.5 Å². The van der Waals surface area contributed by atoms with Gasteiger partial charge in [-0.3, -0.25) is 4.79 Å². The Morgan fingerprint density at radius 1 is 1.00 bits per heavy atom. The summed E-state index contributed by atoms with van der Waals surface area (Å²) in [4.78, 5) is 12.5. The van der Waals surface area contributed by atoms with Gasteiger partial charge in [-0.25, -0.2) is 0 Å². The van der Waals surface area contributed by atoms with Gasteiger partial charge in [0.1, 0.15) is 5.75 Å². The Bertz CT molecular complexity index is 634. The molecule has 2 rings (SSSR count). The Labute approximate surface area is 138 Å². The number of benzene rings is 2. The highest BCUT2D eigenvalue weighted by Crippen LogP contribution is 2.19. The third-order valence-corrected chi connectivity index (χ3v) is 3.93. The van der Waals surface area contributed by atoms with Gasteiger partial charge in [0.2, 0.25) is 0 Å². The number of amides is 1. The summed E-state index contributed by atoms with van der Waals surface area (Å²) in [6.07, 6.45) is 2.00. The first-order chi connectivity index (χ1) is 11.2. The third-order valence-electron chi connectivity index (χ3n) is 3.93. The van der Waals surface area contributed by atoms with Crippen LogP contribution in [0.5, 0.6) is 5.75 Å². The van der Waals surface area contributed by atoms with E-state index in [1.807, 2.05) is 55.5 Å². The van der Waals surface area contributed by atoms with Crippen molar-refractivity contribution in [2.45, 2.75) is 46.1 Å². The van der Waals surface area contributed by atoms with Crippen molar-refractivity contribution in [1.29, 1.82) is 0 Å². The van der Waals surface area contributed by atoms with Gasteiger partial charge < -0.3 is 10.1 Å². The Morgan fingerprint density at radius 2 is 1.70 bits per heavy atom. The maximum absolute atomic E-state index is 12.5. The van der Waals surface area contributed by atoms with Crippen LogP contribution in [0, 0.1) is 0 Å². The van der Waals surface area contributed by atoms with Gasteiger partial charge in [-0.2, -0.15) is 0 Å². The van der Waals surface area contributed by atoms with Gasteiger partial charge in [-0.15, -0.1) is 0 Å². The minimum absolute atomic E-state index is 0.104. The van der Waals surface area contributed by atoms with Crippen molar-refractivity contribution >= 4 is 11.6 Å². The summed E-state index contributed by atoms with van der Waals surface area (Å²) in [7, 11) is 0. The molecule has 1 amide bonds. The Hall–Kier alpha value is -2.29. The molecule has 0 aliphatic rings. The average Bonchev–Trinajstić information content (AvgIpc) is 2.60. The molecule has 2 aromatic carbocycles. The third kappa shape index (κ3) is 4.59. The minimum atomic E-state index is -0.493. The highest BCUT2D eigenvalue weighted by molar-refractivity contribution is 5.95. The summed E-state index contributed by atoms with van der Waals surface area (Å²) in [6, 6.07) is 15.8. The molecule has 0 radical (unpaired) electrons. The van der Waals surface area contributed by atoms with E-state index < -0.39 is 6.10 Å². The Morgan fingerprint density at radius 3 is 2.30 bits per heavy atom. The molecule has 2 aromatic rings. The number of carbonyl (C=O) groups is 1. The second kappa shape index (κ2) is 8.37. The predicted octanol–water partition coefficient (Wildman–Crippen LogP) is 4.61. The lowest BCUT2D eigenvalue weighted by atomic mass is 10.1. The molecule has 3 nitrogen and oxygen atoms in total. The van der Waals surface area contributed by atoms with Crippen LogP contribution in [0.2, 0.25) is 0 Å². The highest BCUT2D eigenvalue weighted by Gasteiger charge is 2.19. The molecular formula is C20H25NO2. The van der Waals surface area contributed by atoms with Gasteiger partial charge in [0.15, 0.2) is 6.10 Å². The fraction of sp³-hybridized carbons (Fsp3) is 0.350. The van der Waals surface area contributed by atoms with Crippen molar-refractivity contribution in [3.8, 4) is 5.75 Å². The van der Waals surface area contributed by atoms with Crippen molar-refractivity contribution in [1.82, 2.24) is 0 Å². The number of carbonyl (C=O) groups excluding carboxylic acids is 1. The Kier molecular flexibility index (Phi) is 6.21. The quantitative estimate of drug-likeness (QED) is 0.811. The van der Waals surface area contributed by atoms with Gasteiger partial charge in [-0.05, 0) is 48.6 Å². The number of rotatable bonds is 7. The second-order valence-electron chi connectivity index (χ2n) is 5.51. The molecule has 1 atom stereocenters. The smallest absolute Gasteiger partial charge is 0.265 e. The predicted molar refractivity (Wildman–Crippen MR) is 95.0 cm³/mol. The van der Waals surface area contributed by atoms with E-state index >= 15 is 0 Å². The molecule has 0 aromatic heterocycles. The van der Waals surface area contributed by atoms with Crippen molar-refractivity contribution < 1.29 is 9.53 Å². The fourth-order valence-corrected chi connectivity index (χ4v) is 2.45. The standard InChI is InChI=1S/C20H25NO2/c1-4-15-11-13-17(14-12-15)23-19(6-3)20(22)21-18-10-8-7-9-16(18)5-2/h7-14,19H,4-6H2,1-3H3,(H,21,22). The monoisotopic (exact) mass is 311 g/mol. The first-order valence-electron chi connectivity index (χ1n) is 8.32. The largest absolute Gasteiger partial charge is 0.481 e. The lowest BCUT2D eigenvalue weighted by molar-refractivity contribution is -0.122. The maximum Gasteiger partial charge on any atom is 0.265 e. The highest BCUT2D eigenvalue weighted by atomic mass is 16.5. The van der Waals surface area contributed by atoms with Crippen LogP contribution in [0.25, 0.3) is 0 Å². The number of anilines is 1. The molecule has 122 valence electrons. The molecular weight excluding hydrogens is 286 g/mol. The summed E-state index contributed by atoms with van der Waals surface area (Å²) in [5.74, 6) is 0.626. The summed E-state index contributed by atoms with van der Waals surface area (Å²) >= 11 is 0. The zero-order valence-electron chi connectivity index (χ0n) is 14.1. The topological polar surface area (TPSA) is 38.3 Å². The maximum atomic E-state index is 12.5. The van der Waals surface area contributed by atoms with Crippen LogP contribution in [0.1, 0.15) is 38.3 Å². The molecule has 0 heterocycles. The number of nitrogens with one attached hydrogen (secondary N) is 1. The average molecular weight is 311 g/mol. The van der Waals surface area contributed by atoms with Crippen LogP contribution >= 0.6 is 0 Å². The summed E-state index contributed by atoms with van der Waals surface area (Å²) in [6.45, 7) is 6.15. The van der Waals surface area contributed by atoms with Gasteiger partial charge in [0, 0.05) is 5.69 Å². The second-order valence-corrected chi connectivity index (χ2v) is 5.51. The van der Waals surface area contributed by atoms with E-state index in [0.717, 1.165) is 29.8 Å². The summed E-state index contributed by atoms with van der Waals surface area (Å²) < 4.78 is 5.86. The van der Waals surface area contributed by atoms with Gasteiger partial charge in [0.05, 0.1) is 0 Å². The molecule has 1 N–H and O–H groups in total. The van der Waals surface area contributed by atoms with Gasteiger partial charge in [0.25, 0.3) is 5.91 Å². The molecule has 0 aliphatic carbocycles. The van der Waals surface area contributed by atoms with E-state index in [-0.39, 0.29) is 5.91 Å². The van der Waals surface area contributed by atoms with Crippen LogP contribution in [-0.4, -0.2) is 12.0 Å². The number of ether oxygens (including phenoxy) is 1. The number of hydrogen-bond donors (Lipinski definition) is 1. The van der Waals surface area contributed by atoms with E-state index in [1.165, 1.54) is 5.56 Å². The SMILES string of the molecule is CCc1ccc(OC(CC)C(=O)Nc2ccccc2CC)cc1. The normalized spacial score (nSPS) is 11.8. The molecule has 3 heteroatoms. The zero-order valence-corrected chi connectivity index (χ0v) is 14.1. The minimum Gasteiger partial charge on any atom is -0.481 e. The van der Waals surface area contributed by atoms with E-state index in [2.05, 4.69) is 19.2 Å². The van der Waals surface area contributed by atoms with Crippen molar-refractivity contribution in [2.75, 3.05) is 5.32 Å². The molecule has 0 saturated heterocycles. The van der Waals surface area contributed by atoms with Crippen LogP contribution < -0.4 is 10.1 Å². The van der Waals surface area contributed by atoms with E-state index in [4.69, 9.17) is 4.74 Å². The van der Waals surface area contributed by atoms with E-state index in [0.29, 0.717) is 6.42 Å². The van der Waals surface area contributed by atoms with E-state index in [1.54, 1.807) is 0 Å². The van der Waals surface area contributed by atoms with Crippen molar-refractivity contribution in [3.05, 3.63) is 59.7 Å². The molecule has 0 saturated carbocycles. The fourth-order valence-electron chi connectivity index (χ4n) is 2.45. The molecule has 0 fully saturated rings. The van der Waals surface area contributed by atoms with Gasteiger partial charge in [-0.1, -0.05) is 51.1 Å². The Balaban J connectivity index is 2.05. The summed E-state index contributed by atoms with van der Waals surface area (Å²) in [5.41, 5.74) is 3.25. The van der Waals surface area contributed by atoms with E-state index in [9.17, 15) is 4.79 Å². The number of aryl methyl sites for hydroxylation is 2. The summed E-state index contributed by atoms with van der Waals surface area (Å²) in [5, 5.41) is 2.99. The molecule has 0 aliphatic heterocycles. The first-order valence-corrected chi connectivity index (χ1v) is 8.32. The van der Waals surface area contributed by atoms with Crippen LogP contribution in [-0.2, 0) is 17.6 Å². The lowest BCUT2D eigenvalue weighted by Crippen LogP contribution is -2.32. The molecule has 0 bridgehead atoms. The molecule has 1 unspecified atom stereocenters. The lowest BCUT2D eigenvalue weighted by Gasteiger charge is -2.18. The zero-order chi connectivity index (χ0) is 16.7. The van der Waals surface area contributed by atoms with Crippen molar-refractivity contribution in [2.24, 2.45) is 0 Å². The van der Waals surface area contributed by atoms with Gasteiger partial charge >= 0.3 is 0 Å². The number of hydrogen-bond acceptors (Lipinski definition) is 2. The molecule has 0 spiro atoms. The first kappa shape index (κ1) is 17.1.